The van der Waals surface area contributed by atoms with Crippen LogP contribution in [0.4, 0.5) is 5.69 Å². The molecule has 1 aromatic heterocycles. The number of carbonyl (C=O) groups is 2. The van der Waals surface area contributed by atoms with Crippen LogP contribution in [0.3, 0.4) is 0 Å². The van der Waals surface area contributed by atoms with E-state index >= 15 is 0 Å². The summed E-state index contributed by atoms with van der Waals surface area (Å²) in [6, 6.07) is 5.02. The summed E-state index contributed by atoms with van der Waals surface area (Å²) < 4.78 is 0. The van der Waals surface area contributed by atoms with Crippen LogP contribution in [0.5, 0.6) is 0 Å². The number of anilines is 1. The Morgan fingerprint density at radius 3 is 2.47 bits per heavy atom. The van der Waals surface area contributed by atoms with E-state index < -0.39 is 0 Å². The van der Waals surface area contributed by atoms with Gasteiger partial charge in [-0.3, -0.25) is 14.6 Å². The number of hydrogen-bond acceptors (Lipinski definition) is 4. The second kappa shape index (κ2) is 5.02. The molecular weight excluding hydrogens is 240 g/mol. The minimum Gasteiger partial charge on any atom is -0.398 e. The van der Waals surface area contributed by atoms with Gasteiger partial charge in [0.2, 0.25) is 0 Å². The summed E-state index contributed by atoms with van der Waals surface area (Å²) in [5.74, 6) is -0.133. The molecule has 0 fully saturated rings. The average molecular weight is 254 g/mol. The van der Waals surface area contributed by atoms with Gasteiger partial charge in [-0.25, -0.2) is 0 Å². The highest BCUT2D eigenvalue weighted by Gasteiger charge is 2.17. The summed E-state index contributed by atoms with van der Waals surface area (Å²) in [4.78, 5) is 27.4. The number of rotatable bonds is 3. The Hall–Kier alpha value is -2.49. The van der Waals surface area contributed by atoms with Crippen LogP contribution >= 0.6 is 0 Å². The molecule has 0 atom stereocenters. The number of aldehydes is 1. The Bertz CT molecular complexity index is 649. The first-order valence-electron chi connectivity index (χ1n) is 5.85. The monoisotopic (exact) mass is 254 g/mol. The molecule has 0 bridgehead atoms. The molecule has 0 saturated heterocycles. The van der Waals surface area contributed by atoms with Crippen LogP contribution in [-0.2, 0) is 0 Å². The number of ketones is 1. The molecule has 0 aliphatic carbocycles. The van der Waals surface area contributed by atoms with Crippen LogP contribution in [0.2, 0.25) is 0 Å². The highest BCUT2D eigenvalue weighted by Crippen LogP contribution is 2.25. The molecule has 0 aliphatic rings. The average Bonchev–Trinajstić information content (AvgIpc) is 2.44. The molecular formula is C15H14N2O2. The van der Waals surface area contributed by atoms with Gasteiger partial charge >= 0.3 is 0 Å². The van der Waals surface area contributed by atoms with Crippen LogP contribution in [-0.4, -0.2) is 17.1 Å². The van der Waals surface area contributed by atoms with E-state index in [1.165, 1.54) is 0 Å². The second-order valence-electron chi connectivity index (χ2n) is 4.38. The first kappa shape index (κ1) is 13.0. The van der Waals surface area contributed by atoms with Crippen LogP contribution < -0.4 is 5.73 Å². The number of pyridine rings is 1. The molecule has 4 nitrogen and oxygen atoms in total. The fourth-order valence-electron chi connectivity index (χ4n) is 2.01. The highest BCUT2D eigenvalue weighted by atomic mass is 16.1. The van der Waals surface area contributed by atoms with E-state index in [-0.39, 0.29) is 5.78 Å². The number of benzene rings is 1. The molecule has 19 heavy (non-hydrogen) atoms. The zero-order valence-corrected chi connectivity index (χ0v) is 10.8. The lowest BCUT2D eigenvalue weighted by molar-refractivity contribution is 0.103. The van der Waals surface area contributed by atoms with E-state index in [4.69, 9.17) is 5.73 Å². The predicted octanol–water partition coefficient (Wildman–Crippen LogP) is 2.32. The van der Waals surface area contributed by atoms with E-state index in [1.807, 2.05) is 0 Å². The van der Waals surface area contributed by atoms with Crippen molar-refractivity contribution in [2.45, 2.75) is 13.8 Å². The van der Waals surface area contributed by atoms with E-state index in [2.05, 4.69) is 4.98 Å². The van der Waals surface area contributed by atoms with Gasteiger partial charge in [-0.05, 0) is 43.2 Å². The molecule has 0 aliphatic heterocycles. The SMILES string of the molecule is Cc1cc(C(=O)c2ccncc2)c(C)c(C=O)c1N. The summed E-state index contributed by atoms with van der Waals surface area (Å²) in [6.07, 6.45) is 3.82. The Labute approximate surface area is 111 Å². The molecule has 0 amide bonds. The summed E-state index contributed by atoms with van der Waals surface area (Å²) in [5, 5.41) is 0. The topological polar surface area (TPSA) is 73.0 Å². The first-order valence-corrected chi connectivity index (χ1v) is 5.85. The fourth-order valence-corrected chi connectivity index (χ4v) is 2.01. The summed E-state index contributed by atoms with van der Waals surface area (Å²) in [7, 11) is 0. The van der Waals surface area contributed by atoms with Gasteiger partial charge in [-0.2, -0.15) is 0 Å². The molecule has 96 valence electrons. The maximum atomic E-state index is 12.4. The normalized spacial score (nSPS) is 10.2. The lowest BCUT2D eigenvalue weighted by Gasteiger charge is -2.12. The minimum absolute atomic E-state index is 0.133. The van der Waals surface area contributed by atoms with Crippen molar-refractivity contribution < 1.29 is 9.59 Å². The third-order valence-corrected chi connectivity index (χ3v) is 3.19. The molecule has 0 spiro atoms. The lowest BCUT2D eigenvalue weighted by Crippen LogP contribution is -2.09. The third-order valence-electron chi connectivity index (χ3n) is 3.19. The Balaban J connectivity index is 2.61. The third kappa shape index (κ3) is 2.25. The zero-order chi connectivity index (χ0) is 14.0. The number of nitrogen functional groups attached to an aromatic ring is 1. The number of carbonyl (C=O) groups excluding carboxylic acids is 2. The fraction of sp³-hybridized carbons (Fsp3) is 0.133. The van der Waals surface area contributed by atoms with E-state index in [0.29, 0.717) is 34.2 Å². The molecule has 0 saturated carbocycles. The Morgan fingerprint density at radius 1 is 1.26 bits per heavy atom. The summed E-state index contributed by atoms with van der Waals surface area (Å²) in [6.45, 7) is 3.51. The van der Waals surface area contributed by atoms with Crippen LogP contribution in [0, 0.1) is 13.8 Å². The van der Waals surface area contributed by atoms with Crippen molar-refractivity contribution in [2.24, 2.45) is 0 Å². The number of nitrogens with two attached hydrogens (primary N) is 1. The summed E-state index contributed by atoms with van der Waals surface area (Å²) in [5.41, 5.74) is 9.04. The molecule has 1 heterocycles. The van der Waals surface area contributed by atoms with Crippen molar-refractivity contribution >= 4 is 17.8 Å². The van der Waals surface area contributed by atoms with E-state index in [1.54, 1.807) is 44.4 Å². The first-order chi connectivity index (χ1) is 9.06. The lowest BCUT2D eigenvalue weighted by atomic mass is 9.93. The largest absolute Gasteiger partial charge is 0.398 e. The minimum atomic E-state index is -0.133. The van der Waals surface area contributed by atoms with Crippen molar-refractivity contribution in [3.8, 4) is 0 Å². The van der Waals surface area contributed by atoms with E-state index in [0.717, 1.165) is 5.56 Å². The maximum absolute atomic E-state index is 12.4. The van der Waals surface area contributed by atoms with Crippen LogP contribution in [0.1, 0.15) is 37.4 Å². The molecule has 2 N–H and O–H groups in total. The number of hydrogen-bond donors (Lipinski definition) is 1. The quantitative estimate of drug-likeness (QED) is 0.518. The van der Waals surface area contributed by atoms with Crippen molar-refractivity contribution in [1.29, 1.82) is 0 Å². The van der Waals surface area contributed by atoms with Gasteiger partial charge in [0.25, 0.3) is 0 Å². The second-order valence-corrected chi connectivity index (χ2v) is 4.38. The molecule has 0 radical (unpaired) electrons. The van der Waals surface area contributed by atoms with Crippen LogP contribution in [0.15, 0.2) is 30.6 Å². The molecule has 2 aromatic rings. The number of aromatic nitrogens is 1. The Morgan fingerprint density at radius 2 is 1.89 bits per heavy atom. The van der Waals surface area contributed by atoms with Crippen molar-refractivity contribution in [1.82, 2.24) is 4.98 Å². The smallest absolute Gasteiger partial charge is 0.193 e. The standard InChI is InChI=1S/C15H14N2O2/c1-9-7-12(10(2)13(8-18)14(9)16)15(19)11-3-5-17-6-4-11/h3-8H,16H2,1-2H3. The van der Waals surface area contributed by atoms with Gasteiger partial charge in [0.05, 0.1) is 0 Å². The molecule has 2 rings (SSSR count). The zero-order valence-electron chi connectivity index (χ0n) is 10.8. The van der Waals surface area contributed by atoms with Gasteiger partial charge in [0.1, 0.15) is 0 Å². The van der Waals surface area contributed by atoms with Gasteiger partial charge in [-0.15, -0.1) is 0 Å². The van der Waals surface area contributed by atoms with Crippen molar-refractivity contribution in [3.05, 3.63) is 58.4 Å². The van der Waals surface area contributed by atoms with Crippen molar-refractivity contribution in [2.75, 3.05) is 5.73 Å². The highest BCUT2D eigenvalue weighted by molar-refractivity contribution is 6.11. The van der Waals surface area contributed by atoms with Crippen LogP contribution in [0.25, 0.3) is 0 Å². The number of aryl methyl sites for hydroxylation is 1. The van der Waals surface area contributed by atoms with Crippen molar-refractivity contribution in [3.63, 3.8) is 0 Å². The molecule has 0 unspecified atom stereocenters. The predicted molar refractivity (Wildman–Crippen MR) is 73.4 cm³/mol. The van der Waals surface area contributed by atoms with Gasteiger partial charge in [0, 0.05) is 34.8 Å². The molecule has 4 heteroatoms. The maximum Gasteiger partial charge on any atom is 0.193 e. The summed E-state index contributed by atoms with van der Waals surface area (Å²) >= 11 is 0. The number of nitrogens with zero attached hydrogens (tertiary/aromatic N) is 1. The molecule has 1 aromatic carbocycles. The van der Waals surface area contributed by atoms with Gasteiger partial charge in [-0.1, -0.05) is 0 Å². The van der Waals surface area contributed by atoms with Gasteiger partial charge < -0.3 is 5.73 Å². The Kier molecular flexibility index (Phi) is 3.42. The van der Waals surface area contributed by atoms with Gasteiger partial charge in [0.15, 0.2) is 12.1 Å². The van der Waals surface area contributed by atoms with E-state index in [9.17, 15) is 9.59 Å².